The van der Waals surface area contributed by atoms with Gasteiger partial charge in [0.1, 0.15) is 214 Å². The van der Waals surface area contributed by atoms with Gasteiger partial charge in [-0.1, -0.05) is 0 Å². The zero-order valence-electron chi connectivity index (χ0n) is 56.0. The van der Waals surface area contributed by atoms with Crippen LogP contribution < -0.4 is 10.6 Å². The fourth-order valence-electron chi connectivity index (χ4n) is 13.6. The summed E-state index contributed by atoms with van der Waals surface area (Å²) in [5.74, 6) is -1.75. The lowest BCUT2D eigenvalue weighted by Crippen LogP contribution is -2.69. The lowest BCUT2D eigenvalue weighted by Gasteiger charge is -2.50. The normalized spacial score (nSPS) is 51.5. The number of amides is 2. The molecule has 47 nitrogen and oxygen atoms in total. The van der Waals surface area contributed by atoms with Gasteiger partial charge in [0.25, 0.3) is 0 Å². The summed E-state index contributed by atoms with van der Waals surface area (Å²) < 4.78 is 97.3. The fraction of sp³-hybridized carbons (Fsp3) is 0.966. The lowest BCUT2D eigenvalue weighted by molar-refractivity contribution is -0.397. The second kappa shape index (κ2) is 37.2. The molecule has 9 aliphatic heterocycles. The Kier molecular flexibility index (Phi) is 30.6. The Morgan fingerprint density at radius 2 is 0.562 bits per heavy atom. The van der Waals surface area contributed by atoms with E-state index in [1.807, 2.05) is 0 Å². The SMILES string of the molecule is CC(=O)N[C@@H]1[C@@H](O[C@@H]2O[C@H](CO)[C@H](O[C@H]3O[C@H](CO)[C@H](O)[C@H](O[C@H]4O[C@H](CO)[C@H](O)[C@H](O)[C@H]4O[C@@H]4O[C@@H](C)[C@@H](O)[C@@H](O)[C@@H]4O)[C@H]3O)[C@H](O)[C@H]2O)[C@@H](O)[C@@H](CO[C@@H]2O[C@H](CO)[C@@H](O[C@@H]3O[C@H](CO)[C@H](O[C@H]4O[C@H](CO)[C@H](O)[C@H](O[C@H]5O[C@H](CO)[C@H](O)[C@H](O)[C@H]5O)[C@H]4O)[C@H](O)[C@H]3O)[C@H](O)[C@H]2NC(C)=O)O[C@@H]1O. The quantitative estimate of drug-likeness (QED) is 0.0382. The van der Waals surface area contributed by atoms with Gasteiger partial charge in [-0.05, 0) is 6.92 Å². The van der Waals surface area contributed by atoms with Crippen LogP contribution in [-0.4, -0.2) is 474 Å². The number of aliphatic hydroxyl groups excluding tert-OH is 26. The smallest absolute Gasteiger partial charge is 0.217 e. The highest BCUT2D eigenvalue weighted by Crippen LogP contribution is 2.39. The fourth-order valence-corrected chi connectivity index (χ4v) is 13.6. The first-order valence-corrected chi connectivity index (χ1v) is 33.5. The number of aliphatic hydroxyl groups is 26. The van der Waals surface area contributed by atoms with Crippen molar-refractivity contribution < 1.29 is 223 Å². The summed E-state index contributed by atoms with van der Waals surface area (Å²) in [7, 11) is 0. The molecule has 45 atom stereocenters. The summed E-state index contributed by atoms with van der Waals surface area (Å²) in [5, 5.41) is 288. The molecule has 2 amide bonds. The average Bonchev–Trinajstić information content (AvgIpc) is 0.770. The van der Waals surface area contributed by atoms with Crippen molar-refractivity contribution in [3.05, 3.63) is 0 Å². The third kappa shape index (κ3) is 18.5. The van der Waals surface area contributed by atoms with Crippen LogP contribution in [0.4, 0.5) is 0 Å². The number of carbonyl (C=O) groups is 2. The molecule has 0 aromatic carbocycles. The van der Waals surface area contributed by atoms with Crippen molar-refractivity contribution >= 4 is 11.8 Å². The first-order valence-electron chi connectivity index (χ1n) is 33.5. The van der Waals surface area contributed by atoms with E-state index >= 15 is 0 Å². The Bertz CT molecular complexity index is 2690. The Morgan fingerprint density at radius 3 is 1.00 bits per heavy atom. The van der Waals surface area contributed by atoms with Crippen LogP contribution in [0, 0.1) is 0 Å². The minimum atomic E-state index is -2.34. The number of rotatable bonds is 26. The predicted octanol–water partition coefficient (Wildman–Crippen LogP) is -19.3. The minimum Gasteiger partial charge on any atom is -0.394 e. The van der Waals surface area contributed by atoms with E-state index in [2.05, 4.69) is 10.6 Å². The Morgan fingerprint density at radius 1 is 0.267 bits per heavy atom. The highest BCUT2D eigenvalue weighted by atomic mass is 16.8. The van der Waals surface area contributed by atoms with Crippen LogP contribution in [0.2, 0.25) is 0 Å². The van der Waals surface area contributed by atoms with Gasteiger partial charge in [-0.25, -0.2) is 0 Å². The van der Waals surface area contributed by atoms with Crippen LogP contribution in [0.1, 0.15) is 20.8 Å². The number of ether oxygens (including phenoxy) is 17. The van der Waals surface area contributed by atoms with Gasteiger partial charge in [0.15, 0.2) is 56.6 Å². The highest BCUT2D eigenvalue weighted by molar-refractivity contribution is 5.73. The van der Waals surface area contributed by atoms with Crippen molar-refractivity contribution in [3.63, 3.8) is 0 Å². The average molecular weight is 1540 g/mol. The summed E-state index contributed by atoms with van der Waals surface area (Å²) in [4.78, 5) is 25.3. The maximum atomic E-state index is 12.7. The molecule has 0 aromatic heterocycles. The van der Waals surface area contributed by atoms with Gasteiger partial charge in [0.2, 0.25) is 11.8 Å². The molecule has 9 heterocycles. The molecule has 0 aliphatic carbocycles. The third-order valence-corrected chi connectivity index (χ3v) is 19.5. The number of carbonyl (C=O) groups excluding carboxylic acids is 2. The number of hydrogen-bond acceptors (Lipinski definition) is 45. The van der Waals surface area contributed by atoms with E-state index in [9.17, 15) is 142 Å². The van der Waals surface area contributed by atoms with Crippen molar-refractivity contribution in [1.82, 2.24) is 10.6 Å². The van der Waals surface area contributed by atoms with Gasteiger partial charge < -0.3 is 224 Å². The molecular formula is C58H98N2O45. The molecular weight excluding hydrogens is 1440 g/mol. The molecule has 0 saturated carbocycles. The van der Waals surface area contributed by atoms with E-state index < -0.39 is 341 Å². The largest absolute Gasteiger partial charge is 0.394 e. The van der Waals surface area contributed by atoms with Crippen molar-refractivity contribution in [3.8, 4) is 0 Å². The van der Waals surface area contributed by atoms with Crippen molar-refractivity contribution in [2.24, 2.45) is 0 Å². The van der Waals surface area contributed by atoms with E-state index in [0.29, 0.717) is 0 Å². The summed E-state index contributed by atoms with van der Waals surface area (Å²) in [5.41, 5.74) is 0. The van der Waals surface area contributed by atoms with E-state index in [1.165, 1.54) is 6.92 Å². The van der Waals surface area contributed by atoms with Crippen LogP contribution >= 0.6 is 0 Å². The van der Waals surface area contributed by atoms with Gasteiger partial charge in [-0.15, -0.1) is 0 Å². The van der Waals surface area contributed by atoms with Crippen LogP contribution in [0.25, 0.3) is 0 Å². The van der Waals surface area contributed by atoms with Crippen LogP contribution in [0.5, 0.6) is 0 Å². The summed E-state index contributed by atoms with van der Waals surface area (Å²) in [6, 6.07) is -3.58. The second-order valence-electron chi connectivity index (χ2n) is 26.7. The molecule has 9 saturated heterocycles. The van der Waals surface area contributed by atoms with Gasteiger partial charge >= 0.3 is 0 Å². The van der Waals surface area contributed by atoms with E-state index in [1.54, 1.807) is 0 Å². The molecule has 28 N–H and O–H groups in total. The number of hydrogen-bond donors (Lipinski definition) is 28. The zero-order chi connectivity index (χ0) is 77.2. The minimum absolute atomic E-state index is 0.876. The van der Waals surface area contributed by atoms with Gasteiger partial charge in [0.05, 0.1) is 59.0 Å². The summed E-state index contributed by atoms with van der Waals surface area (Å²) in [6.45, 7) is -4.97. The van der Waals surface area contributed by atoms with Crippen molar-refractivity contribution in [1.29, 1.82) is 0 Å². The molecule has 105 heavy (non-hydrogen) atoms. The number of nitrogens with one attached hydrogen (secondary N) is 2. The topological polar surface area (TPSA) is 741 Å². The van der Waals surface area contributed by atoms with Gasteiger partial charge in [-0.3, -0.25) is 9.59 Å². The maximum absolute atomic E-state index is 12.7. The summed E-state index contributed by atoms with van der Waals surface area (Å²) in [6.07, 6.45) is -84.7. The molecule has 0 spiro atoms. The predicted molar refractivity (Wildman–Crippen MR) is 319 cm³/mol. The van der Waals surface area contributed by atoms with Crippen LogP contribution in [-0.2, 0) is 90.1 Å². The molecule has 0 unspecified atom stereocenters. The first-order chi connectivity index (χ1) is 49.7. The molecule has 0 bridgehead atoms. The standard InChI is InChI=1S/C58H98N2O45/c1-12-25(70)32(77)37(82)52(90-12)105-49-34(79)27(72)16(5-62)95-58(49)104-48-29(74)18(7-64)94-57(42(48)87)101-45-21(10-67)98-55(40(85)36(45)81)102-46-24(60-14(3)69)50(88)91-22(30(46)75)11-89-51-23(59-13(2)68)31(76)43(19(8-65)96-51)99-54-39(84)35(80)44(20(9-66)97-54)100-56-41(86)47(28(73)17(6-63)93-56)103-53-38(83)33(78)26(71)15(4-61)92-53/h12,15-58,61-67,70-88H,4-11H2,1-3H3,(H,59,68)(H,60,69)/t12-,15+,16+,17+,18+,19+,20+,21+,22+,23+,24+,25+,26-,27-,28-,29-,30-,31+,32+,33-,34-,35+,36+,37-,38+,39+,40+,41+,42+,43+,44-,45-,46+,47-,48-,49+,50-,51+,52-,53+,54-,55-,56+,57+,58+/m0/s1. The van der Waals surface area contributed by atoms with E-state index in [-0.39, 0.29) is 0 Å². The van der Waals surface area contributed by atoms with E-state index in [4.69, 9.17) is 80.5 Å². The zero-order valence-corrected chi connectivity index (χ0v) is 56.0. The molecule has 0 radical (unpaired) electrons. The third-order valence-electron chi connectivity index (χ3n) is 19.5. The van der Waals surface area contributed by atoms with Crippen molar-refractivity contribution in [2.45, 2.75) is 297 Å². The molecule has 47 heteroatoms. The summed E-state index contributed by atoms with van der Waals surface area (Å²) >= 11 is 0. The monoisotopic (exact) mass is 1540 g/mol. The molecule has 0 aromatic rings. The second-order valence-corrected chi connectivity index (χ2v) is 26.7. The Balaban J connectivity index is 0.849. The molecule has 9 aliphatic rings. The highest BCUT2D eigenvalue weighted by Gasteiger charge is 2.60. The van der Waals surface area contributed by atoms with Crippen molar-refractivity contribution in [2.75, 3.05) is 52.9 Å². The van der Waals surface area contributed by atoms with Crippen LogP contribution in [0.15, 0.2) is 0 Å². The molecule has 9 fully saturated rings. The van der Waals surface area contributed by atoms with Gasteiger partial charge in [0, 0.05) is 13.8 Å². The van der Waals surface area contributed by atoms with E-state index in [0.717, 1.165) is 13.8 Å². The molecule has 9 rings (SSSR count). The Hall–Kier alpha value is -2.78. The first kappa shape index (κ1) is 86.2. The molecule has 610 valence electrons. The lowest BCUT2D eigenvalue weighted by atomic mass is 9.94. The van der Waals surface area contributed by atoms with Crippen LogP contribution in [0.3, 0.4) is 0 Å². The maximum Gasteiger partial charge on any atom is 0.217 e. The van der Waals surface area contributed by atoms with Gasteiger partial charge in [-0.2, -0.15) is 0 Å². The Labute approximate surface area is 593 Å².